The zero-order valence-corrected chi connectivity index (χ0v) is 14.7. The highest BCUT2D eigenvalue weighted by molar-refractivity contribution is 7.89. The maximum absolute atomic E-state index is 12.7. The van der Waals surface area contributed by atoms with Crippen LogP contribution in [0.1, 0.15) is 0 Å². The second-order valence-electron chi connectivity index (χ2n) is 5.45. The zero-order valence-electron chi connectivity index (χ0n) is 13.1. The summed E-state index contributed by atoms with van der Waals surface area (Å²) in [6.07, 6.45) is 1.20. The molecule has 0 unspecified atom stereocenters. The number of rotatable bonds is 4. The molecule has 2 heterocycles. The van der Waals surface area contributed by atoms with E-state index in [1.807, 2.05) is 4.90 Å². The van der Waals surface area contributed by atoms with E-state index in [0.29, 0.717) is 18.9 Å². The summed E-state index contributed by atoms with van der Waals surface area (Å²) in [5, 5.41) is 10.9. The van der Waals surface area contributed by atoms with Gasteiger partial charge in [0.25, 0.3) is 5.69 Å². The lowest BCUT2D eigenvalue weighted by atomic mass is 10.3. The Labute approximate surface area is 149 Å². The highest BCUT2D eigenvalue weighted by Crippen LogP contribution is 2.26. The largest absolute Gasteiger partial charge is 0.354 e. The van der Waals surface area contributed by atoms with E-state index in [0.717, 1.165) is 0 Å². The number of hydrogen-bond acceptors (Lipinski definition) is 6. The molecule has 0 spiro atoms. The first-order valence-electron chi connectivity index (χ1n) is 7.49. The smallest absolute Gasteiger partial charge is 0.287 e. The first-order valence-corrected chi connectivity index (χ1v) is 9.31. The van der Waals surface area contributed by atoms with E-state index in [1.165, 1.54) is 22.6 Å². The van der Waals surface area contributed by atoms with Crippen LogP contribution in [0.3, 0.4) is 0 Å². The molecule has 2 aromatic rings. The number of nitrogens with zero attached hydrogens (tertiary/aromatic N) is 4. The van der Waals surface area contributed by atoms with E-state index in [2.05, 4.69) is 4.98 Å². The summed E-state index contributed by atoms with van der Waals surface area (Å²) < 4.78 is 26.8. The molecule has 1 aliphatic rings. The third-order valence-electron chi connectivity index (χ3n) is 3.96. The fraction of sp³-hybridized carbons (Fsp3) is 0.267. The van der Waals surface area contributed by atoms with E-state index in [-0.39, 0.29) is 28.7 Å². The van der Waals surface area contributed by atoms with Crippen LogP contribution in [-0.2, 0) is 10.0 Å². The predicted molar refractivity (Wildman–Crippen MR) is 93.3 cm³/mol. The number of halogens is 1. The molecule has 0 amide bonds. The number of piperazine rings is 1. The van der Waals surface area contributed by atoms with Crippen molar-refractivity contribution >= 4 is 33.1 Å². The van der Waals surface area contributed by atoms with Crippen molar-refractivity contribution in [2.24, 2.45) is 0 Å². The van der Waals surface area contributed by atoms with Gasteiger partial charge in [0.1, 0.15) is 16.9 Å². The summed E-state index contributed by atoms with van der Waals surface area (Å²) >= 11 is 6.01. The van der Waals surface area contributed by atoms with Crippen molar-refractivity contribution in [3.05, 3.63) is 57.7 Å². The van der Waals surface area contributed by atoms with Crippen LogP contribution in [0.15, 0.2) is 47.5 Å². The Bertz CT molecular complexity index is 881. The molecule has 132 valence electrons. The summed E-state index contributed by atoms with van der Waals surface area (Å²) in [5.41, 5.74) is -0.0799. The highest BCUT2D eigenvalue weighted by Gasteiger charge is 2.30. The van der Waals surface area contributed by atoms with E-state index in [9.17, 15) is 18.5 Å². The molecule has 0 saturated carbocycles. The zero-order chi connectivity index (χ0) is 18.0. The minimum atomic E-state index is -3.65. The molecule has 0 N–H and O–H groups in total. The van der Waals surface area contributed by atoms with Crippen LogP contribution in [-0.4, -0.2) is 48.8 Å². The molecular weight excluding hydrogens is 368 g/mol. The fourth-order valence-electron chi connectivity index (χ4n) is 2.62. The van der Waals surface area contributed by atoms with Crippen LogP contribution >= 0.6 is 11.6 Å². The number of nitro groups is 1. The number of hydrogen-bond donors (Lipinski definition) is 0. The summed E-state index contributed by atoms with van der Waals surface area (Å²) in [5.74, 6) is 0.584. The average Bonchev–Trinajstić information content (AvgIpc) is 2.62. The molecule has 0 aliphatic carbocycles. The lowest BCUT2D eigenvalue weighted by Crippen LogP contribution is -2.48. The second kappa shape index (κ2) is 6.95. The molecule has 3 rings (SSSR count). The summed E-state index contributed by atoms with van der Waals surface area (Å²) in [7, 11) is -3.65. The van der Waals surface area contributed by atoms with Gasteiger partial charge in [-0.3, -0.25) is 10.1 Å². The van der Waals surface area contributed by atoms with Gasteiger partial charge >= 0.3 is 0 Å². The molecule has 10 heteroatoms. The number of sulfonamides is 1. The van der Waals surface area contributed by atoms with Crippen molar-refractivity contribution in [1.82, 2.24) is 9.29 Å². The first kappa shape index (κ1) is 17.6. The monoisotopic (exact) mass is 382 g/mol. The van der Waals surface area contributed by atoms with Crippen molar-refractivity contribution < 1.29 is 13.3 Å². The van der Waals surface area contributed by atoms with Crippen LogP contribution in [0.5, 0.6) is 0 Å². The van der Waals surface area contributed by atoms with Crippen molar-refractivity contribution in [3.8, 4) is 0 Å². The van der Waals surface area contributed by atoms with Crippen molar-refractivity contribution in [1.29, 1.82) is 0 Å². The Balaban J connectivity index is 1.71. The quantitative estimate of drug-likeness (QED) is 0.593. The molecule has 25 heavy (non-hydrogen) atoms. The molecule has 1 fully saturated rings. The van der Waals surface area contributed by atoms with Crippen LogP contribution in [0.2, 0.25) is 5.02 Å². The van der Waals surface area contributed by atoms with Gasteiger partial charge in [-0.1, -0.05) is 23.7 Å². The Morgan fingerprint density at radius 3 is 2.32 bits per heavy atom. The molecule has 1 saturated heterocycles. The summed E-state index contributed by atoms with van der Waals surface area (Å²) in [4.78, 5) is 16.2. The molecule has 1 aliphatic heterocycles. The SMILES string of the molecule is O=[N+]([O-])c1ccc(N2CCN(S(=O)(=O)c3ccccc3Cl)CC2)nc1. The van der Waals surface area contributed by atoms with Gasteiger partial charge < -0.3 is 4.90 Å². The van der Waals surface area contributed by atoms with Gasteiger partial charge in [-0.15, -0.1) is 0 Å². The maximum Gasteiger partial charge on any atom is 0.287 e. The van der Waals surface area contributed by atoms with Gasteiger partial charge in [0.05, 0.1) is 9.95 Å². The standard InChI is InChI=1S/C15H15ClN4O4S/c16-13-3-1-2-4-14(13)25(23,24)19-9-7-18(8-10-19)15-6-5-12(11-17-15)20(21)22/h1-6,11H,7-10H2. The third kappa shape index (κ3) is 3.58. The number of benzene rings is 1. The predicted octanol–water partition coefficient (Wildman–Crippen LogP) is 2.15. The molecule has 0 atom stereocenters. The van der Waals surface area contributed by atoms with Gasteiger partial charge in [-0.2, -0.15) is 4.31 Å². The maximum atomic E-state index is 12.7. The van der Waals surface area contributed by atoms with E-state index < -0.39 is 14.9 Å². The van der Waals surface area contributed by atoms with E-state index >= 15 is 0 Å². The number of aromatic nitrogens is 1. The fourth-order valence-corrected chi connectivity index (χ4v) is 4.54. The van der Waals surface area contributed by atoms with Gasteiger partial charge in [0.2, 0.25) is 10.0 Å². The topological polar surface area (TPSA) is 96.6 Å². The van der Waals surface area contributed by atoms with E-state index in [4.69, 9.17) is 11.6 Å². The highest BCUT2D eigenvalue weighted by atomic mass is 35.5. The molecule has 1 aromatic heterocycles. The van der Waals surface area contributed by atoms with Gasteiger partial charge in [0, 0.05) is 32.2 Å². The van der Waals surface area contributed by atoms with Crippen molar-refractivity contribution in [3.63, 3.8) is 0 Å². The molecule has 0 bridgehead atoms. The summed E-state index contributed by atoms with van der Waals surface area (Å²) in [6.45, 7) is 1.45. The Morgan fingerprint density at radius 2 is 1.76 bits per heavy atom. The van der Waals surface area contributed by atoms with Gasteiger partial charge in [0.15, 0.2) is 0 Å². The van der Waals surface area contributed by atoms with Gasteiger partial charge in [-0.25, -0.2) is 13.4 Å². The average molecular weight is 383 g/mol. The molecule has 0 radical (unpaired) electrons. The van der Waals surface area contributed by atoms with Crippen LogP contribution in [0.4, 0.5) is 11.5 Å². The summed E-state index contributed by atoms with van der Waals surface area (Å²) in [6, 6.07) is 9.30. The Kier molecular flexibility index (Phi) is 4.89. The molecular formula is C15H15ClN4O4S. The minimum Gasteiger partial charge on any atom is -0.354 e. The Morgan fingerprint density at radius 1 is 1.08 bits per heavy atom. The minimum absolute atomic E-state index is 0.0799. The Hall–Kier alpha value is -2.23. The van der Waals surface area contributed by atoms with E-state index in [1.54, 1.807) is 24.3 Å². The van der Waals surface area contributed by atoms with Gasteiger partial charge in [-0.05, 0) is 18.2 Å². The van der Waals surface area contributed by atoms with Crippen molar-refractivity contribution in [2.75, 3.05) is 31.1 Å². The van der Waals surface area contributed by atoms with Crippen LogP contribution in [0, 0.1) is 10.1 Å². The van der Waals surface area contributed by atoms with Crippen LogP contribution in [0.25, 0.3) is 0 Å². The third-order valence-corrected chi connectivity index (χ3v) is 6.36. The van der Waals surface area contributed by atoms with Crippen molar-refractivity contribution in [2.45, 2.75) is 4.90 Å². The molecule has 1 aromatic carbocycles. The lowest BCUT2D eigenvalue weighted by Gasteiger charge is -2.34. The molecule has 8 nitrogen and oxygen atoms in total. The first-order chi connectivity index (χ1) is 11.9. The lowest BCUT2D eigenvalue weighted by molar-refractivity contribution is -0.385. The normalized spacial score (nSPS) is 16.0. The second-order valence-corrected chi connectivity index (χ2v) is 7.77. The number of anilines is 1. The van der Waals surface area contributed by atoms with Crippen LogP contribution < -0.4 is 4.90 Å². The number of pyridine rings is 1.